The van der Waals surface area contributed by atoms with E-state index in [4.69, 9.17) is 17.3 Å². The van der Waals surface area contributed by atoms with Crippen molar-refractivity contribution in [1.29, 1.82) is 0 Å². The summed E-state index contributed by atoms with van der Waals surface area (Å²) in [6.07, 6.45) is 0.955. The molecule has 80 valence electrons. The monoisotopic (exact) mass is 240 g/mol. The maximum absolute atomic E-state index is 10.7. The Hall–Kier alpha value is -0.870. The number of aryl methyl sites for hydroxylation is 1. The fourth-order valence-corrected chi connectivity index (χ4v) is 1.56. The summed E-state index contributed by atoms with van der Waals surface area (Å²) >= 11 is 8.98. The molecule has 0 amide bonds. The summed E-state index contributed by atoms with van der Waals surface area (Å²) in [7, 11) is 0. The van der Waals surface area contributed by atoms with Crippen molar-refractivity contribution < 1.29 is 9.90 Å². The Morgan fingerprint density at radius 3 is 2.40 bits per heavy atom. The van der Waals surface area contributed by atoms with Crippen LogP contribution in [0.2, 0.25) is 0 Å². The van der Waals surface area contributed by atoms with Crippen LogP contribution in [0.3, 0.4) is 0 Å². The third kappa shape index (κ3) is 3.04. The van der Waals surface area contributed by atoms with E-state index < -0.39 is 11.2 Å². The Morgan fingerprint density at radius 2 is 2.00 bits per heavy atom. The lowest BCUT2D eigenvalue weighted by atomic mass is 10.1. The summed E-state index contributed by atoms with van der Waals surface area (Å²) in [5, 5.41) is 7.84. The number of benzene rings is 1. The summed E-state index contributed by atoms with van der Waals surface area (Å²) in [4.78, 5) is 11.0. The van der Waals surface area contributed by atoms with E-state index in [0.717, 1.165) is 12.0 Å². The molecule has 0 aromatic heterocycles. The molecule has 0 radical (unpaired) electrons. The first-order valence-electron chi connectivity index (χ1n) is 4.60. The second kappa shape index (κ2) is 5.28. The highest BCUT2D eigenvalue weighted by Crippen LogP contribution is 2.12. The molecule has 2 nitrogen and oxygen atoms in total. The number of rotatable bonds is 4. The molecule has 4 heteroatoms. The molecule has 0 spiro atoms. The van der Waals surface area contributed by atoms with Crippen LogP contribution in [-0.2, 0) is 11.2 Å². The van der Waals surface area contributed by atoms with Crippen LogP contribution in [0.25, 0.3) is 0 Å². The van der Waals surface area contributed by atoms with Crippen LogP contribution in [0.1, 0.15) is 18.1 Å². The lowest BCUT2D eigenvalue weighted by Crippen LogP contribution is -2.23. The van der Waals surface area contributed by atoms with Gasteiger partial charge in [0.1, 0.15) is 5.25 Å². The van der Waals surface area contributed by atoms with E-state index in [9.17, 15) is 4.79 Å². The minimum absolute atomic E-state index is 0.355. The van der Waals surface area contributed by atoms with Crippen molar-refractivity contribution in [3.63, 3.8) is 0 Å². The minimum atomic E-state index is -1.01. The normalized spacial score (nSPS) is 12.1. The summed E-state index contributed by atoms with van der Waals surface area (Å²) in [5.74, 6) is -1.01. The third-order valence-electron chi connectivity index (χ3n) is 2.13. The second-order valence-electron chi connectivity index (χ2n) is 3.16. The smallest absolute Gasteiger partial charge is 0.321 e. The van der Waals surface area contributed by atoms with Crippen LogP contribution in [0.4, 0.5) is 0 Å². The van der Waals surface area contributed by atoms with E-state index in [1.807, 2.05) is 24.3 Å². The zero-order valence-electron chi connectivity index (χ0n) is 8.30. The molecule has 1 rings (SSSR count). The minimum Gasteiger partial charge on any atom is -0.480 e. The van der Waals surface area contributed by atoms with E-state index >= 15 is 0 Å². The molecule has 15 heavy (non-hydrogen) atoms. The number of carboxylic acid groups (broad SMARTS) is 1. The van der Waals surface area contributed by atoms with Crippen molar-refractivity contribution >= 4 is 35.7 Å². The number of aliphatic carboxylic acids is 1. The molecule has 0 saturated heterocycles. The highest BCUT2D eigenvalue weighted by molar-refractivity contribution is 7.87. The molecule has 1 aromatic rings. The summed E-state index contributed by atoms with van der Waals surface area (Å²) in [6.45, 7) is 2.06. The van der Waals surface area contributed by atoms with Gasteiger partial charge < -0.3 is 5.11 Å². The second-order valence-corrected chi connectivity index (χ2v) is 4.11. The zero-order valence-corrected chi connectivity index (χ0v) is 10.0. The van der Waals surface area contributed by atoms with Crippen molar-refractivity contribution in [3.8, 4) is 0 Å². The SMILES string of the molecule is CCc1ccc(C(=S)C(S)C(=O)O)cc1. The first-order valence-corrected chi connectivity index (χ1v) is 5.52. The molecule has 0 aliphatic carbocycles. The number of thiol groups is 1. The van der Waals surface area contributed by atoms with E-state index in [1.165, 1.54) is 5.56 Å². The standard InChI is InChI=1S/C11H12O2S2/c1-2-7-3-5-8(6-4-7)9(14)10(15)11(12)13/h3-6,10,15H,2H2,1H3,(H,12,13). The molecular formula is C11H12O2S2. The molecule has 0 bridgehead atoms. The summed E-state index contributed by atoms with van der Waals surface area (Å²) in [6, 6.07) is 7.58. The Morgan fingerprint density at radius 1 is 1.47 bits per heavy atom. The van der Waals surface area contributed by atoms with Gasteiger partial charge in [-0.15, -0.1) is 0 Å². The third-order valence-corrected chi connectivity index (χ3v) is 3.25. The lowest BCUT2D eigenvalue weighted by molar-refractivity contribution is -0.135. The van der Waals surface area contributed by atoms with Crippen LogP contribution in [0.5, 0.6) is 0 Å². The van der Waals surface area contributed by atoms with E-state index in [-0.39, 0.29) is 0 Å². The number of hydrogen-bond acceptors (Lipinski definition) is 3. The van der Waals surface area contributed by atoms with Crippen molar-refractivity contribution in [1.82, 2.24) is 0 Å². The molecule has 0 saturated carbocycles. The molecular weight excluding hydrogens is 228 g/mol. The van der Waals surface area contributed by atoms with Gasteiger partial charge in [0.25, 0.3) is 0 Å². The summed E-state index contributed by atoms with van der Waals surface area (Å²) < 4.78 is 0. The van der Waals surface area contributed by atoms with Gasteiger partial charge in [-0.1, -0.05) is 43.4 Å². The van der Waals surface area contributed by atoms with Crippen molar-refractivity contribution in [2.75, 3.05) is 0 Å². The fraction of sp³-hybridized carbons (Fsp3) is 0.273. The maximum atomic E-state index is 10.7. The fourth-order valence-electron chi connectivity index (χ4n) is 1.17. The van der Waals surface area contributed by atoms with E-state index in [2.05, 4.69) is 19.6 Å². The van der Waals surface area contributed by atoms with Gasteiger partial charge in [-0.25, -0.2) is 0 Å². The van der Waals surface area contributed by atoms with Crippen LogP contribution in [-0.4, -0.2) is 21.2 Å². The predicted molar refractivity (Wildman–Crippen MR) is 67.9 cm³/mol. The van der Waals surface area contributed by atoms with Gasteiger partial charge in [0.15, 0.2) is 0 Å². The number of thiocarbonyl (C=S) groups is 1. The van der Waals surface area contributed by atoms with Gasteiger partial charge in [-0.05, 0) is 17.5 Å². The first kappa shape index (κ1) is 12.2. The Kier molecular flexibility index (Phi) is 4.29. The van der Waals surface area contributed by atoms with Gasteiger partial charge in [0.2, 0.25) is 0 Å². The molecule has 0 aliphatic heterocycles. The predicted octanol–water partition coefficient (Wildman–Crippen LogP) is 2.35. The van der Waals surface area contributed by atoms with Gasteiger partial charge in [0, 0.05) is 4.86 Å². The van der Waals surface area contributed by atoms with Crippen molar-refractivity contribution in [2.45, 2.75) is 18.6 Å². The van der Waals surface area contributed by atoms with Crippen LogP contribution >= 0.6 is 24.8 Å². The van der Waals surface area contributed by atoms with Gasteiger partial charge in [-0.2, -0.15) is 12.6 Å². The van der Waals surface area contributed by atoms with Crippen LogP contribution in [0, 0.1) is 0 Å². The average molecular weight is 240 g/mol. The van der Waals surface area contributed by atoms with Gasteiger partial charge >= 0.3 is 5.97 Å². The molecule has 1 aromatic carbocycles. The number of carboxylic acids is 1. The molecule has 0 aliphatic rings. The number of hydrogen-bond donors (Lipinski definition) is 2. The highest BCUT2D eigenvalue weighted by Gasteiger charge is 2.18. The Bertz CT molecular complexity index is 371. The van der Waals surface area contributed by atoms with Gasteiger partial charge in [-0.3, -0.25) is 4.79 Å². The topological polar surface area (TPSA) is 37.3 Å². The molecule has 1 unspecified atom stereocenters. The zero-order chi connectivity index (χ0) is 11.4. The lowest BCUT2D eigenvalue weighted by Gasteiger charge is -2.08. The highest BCUT2D eigenvalue weighted by atomic mass is 32.1. The molecule has 0 fully saturated rings. The molecule has 1 N–H and O–H groups in total. The molecule has 1 atom stereocenters. The summed E-state index contributed by atoms with van der Waals surface area (Å²) in [5.41, 5.74) is 1.96. The van der Waals surface area contributed by atoms with Crippen molar-refractivity contribution in [3.05, 3.63) is 35.4 Å². The average Bonchev–Trinajstić information content (AvgIpc) is 2.27. The Balaban J connectivity index is 2.87. The first-order chi connectivity index (χ1) is 7.06. The Labute approximate surface area is 99.7 Å². The van der Waals surface area contributed by atoms with Gasteiger partial charge in [0.05, 0.1) is 0 Å². The maximum Gasteiger partial charge on any atom is 0.321 e. The van der Waals surface area contributed by atoms with E-state index in [0.29, 0.717) is 4.86 Å². The van der Waals surface area contributed by atoms with Crippen LogP contribution < -0.4 is 0 Å². The quantitative estimate of drug-likeness (QED) is 0.482. The van der Waals surface area contributed by atoms with Crippen molar-refractivity contribution in [2.24, 2.45) is 0 Å². The van der Waals surface area contributed by atoms with Crippen LogP contribution in [0.15, 0.2) is 24.3 Å². The van der Waals surface area contributed by atoms with E-state index in [1.54, 1.807) is 0 Å². The number of carbonyl (C=O) groups is 1. The molecule has 0 heterocycles. The largest absolute Gasteiger partial charge is 0.480 e.